The Bertz CT molecular complexity index is 473. The second-order valence-electron chi connectivity index (χ2n) is 5.48. The average molecular weight is 308 g/mol. The minimum Gasteiger partial charge on any atom is -0.493 e. The molecule has 0 fully saturated rings. The van der Waals surface area contributed by atoms with Crippen molar-refractivity contribution in [1.82, 2.24) is 5.32 Å². The number of hydrogen-bond donors (Lipinski definition) is 2. The molecular weight excluding hydrogens is 280 g/mol. The van der Waals surface area contributed by atoms with Crippen LogP contribution in [0.3, 0.4) is 0 Å². The minimum atomic E-state index is -0.364. The lowest BCUT2D eigenvalue weighted by Crippen LogP contribution is -2.38. The van der Waals surface area contributed by atoms with Crippen molar-refractivity contribution in [2.75, 3.05) is 13.7 Å². The number of ether oxygens (including phenoxy) is 2. The van der Waals surface area contributed by atoms with Crippen LogP contribution < -0.4 is 20.5 Å². The number of rotatable bonds is 10. The van der Waals surface area contributed by atoms with E-state index in [1.165, 1.54) is 0 Å². The van der Waals surface area contributed by atoms with Crippen molar-refractivity contribution in [2.24, 2.45) is 11.7 Å². The summed E-state index contributed by atoms with van der Waals surface area (Å²) in [6, 6.07) is 5.43. The first kappa shape index (κ1) is 18.3. The molecule has 1 atom stereocenters. The summed E-state index contributed by atoms with van der Waals surface area (Å²) < 4.78 is 11.3. The Kier molecular flexibility index (Phi) is 7.74. The van der Waals surface area contributed by atoms with Gasteiger partial charge in [0, 0.05) is 6.54 Å². The monoisotopic (exact) mass is 308 g/mol. The van der Waals surface area contributed by atoms with Gasteiger partial charge in [0.2, 0.25) is 5.91 Å². The Labute approximate surface area is 133 Å². The van der Waals surface area contributed by atoms with Crippen molar-refractivity contribution in [3.05, 3.63) is 23.8 Å². The van der Waals surface area contributed by atoms with Crippen LogP contribution in [-0.2, 0) is 11.3 Å². The van der Waals surface area contributed by atoms with Crippen LogP contribution in [0.2, 0.25) is 0 Å². The molecule has 1 aromatic rings. The standard InChI is InChI=1S/C17H28N2O3/c1-5-13(6-2)11-22-15-8-7-14(9-16(15)21-4)10-19-12(3)17(18)20/h7-9,12-13,19H,5-6,10-11H2,1-4H3,(H2,18,20)/t12-/m0/s1. The first-order chi connectivity index (χ1) is 10.5. The summed E-state index contributed by atoms with van der Waals surface area (Å²) in [6.07, 6.45) is 2.21. The van der Waals surface area contributed by atoms with Gasteiger partial charge in [-0.2, -0.15) is 0 Å². The number of hydrogen-bond acceptors (Lipinski definition) is 4. The van der Waals surface area contributed by atoms with Gasteiger partial charge in [0.1, 0.15) is 0 Å². The van der Waals surface area contributed by atoms with E-state index in [0.29, 0.717) is 24.8 Å². The van der Waals surface area contributed by atoms with Gasteiger partial charge in [-0.1, -0.05) is 32.8 Å². The molecule has 0 spiro atoms. The highest BCUT2D eigenvalue weighted by Crippen LogP contribution is 2.29. The molecule has 0 aliphatic heterocycles. The van der Waals surface area contributed by atoms with Crippen LogP contribution in [0.4, 0.5) is 0 Å². The molecule has 0 aliphatic carbocycles. The zero-order valence-corrected chi connectivity index (χ0v) is 14.0. The Morgan fingerprint density at radius 3 is 2.50 bits per heavy atom. The molecule has 0 radical (unpaired) electrons. The molecule has 0 aliphatic rings. The molecule has 5 nitrogen and oxygen atoms in total. The van der Waals surface area contributed by atoms with Gasteiger partial charge in [0.05, 0.1) is 19.8 Å². The Hall–Kier alpha value is -1.75. The van der Waals surface area contributed by atoms with Crippen LogP contribution in [0.15, 0.2) is 18.2 Å². The number of methoxy groups -OCH3 is 1. The highest BCUT2D eigenvalue weighted by molar-refractivity contribution is 5.79. The van der Waals surface area contributed by atoms with Gasteiger partial charge in [-0.3, -0.25) is 4.79 Å². The van der Waals surface area contributed by atoms with E-state index in [-0.39, 0.29) is 11.9 Å². The van der Waals surface area contributed by atoms with Crippen LogP contribution >= 0.6 is 0 Å². The van der Waals surface area contributed by atoms with E-state index >= 15 is 0 Å². The molecule has 0 aromatic heterocycles. The van der Waals surface area contributed by atoms with Gasteiger partial charge in [0.25, 0.3) is 0 Å². The summed E-state index contributed by atoms with van der Waals surface area (Å²) in [4.78, 5) is 11.0. The van der Waals surface area contributed by atoms with Gasteiger partial charge in [-0.05, 0) is 30.5 Å². The third-order valence-corrected chi connectivity index (χ3v) is 3.90. The third-order valence-electron chi connectivity index (χ3n) is 3.90. The summed E-state index contributed by atoms with van der Waals surface area (Å²) >= 11 is 0. The van der Waals surface area contributed by atoms with Gasteiger partial charge >= 0.3 is 0 Å². The van der Waals surface area contributed by atoms with Gasteiger partial charge in [-0.15, -0.1) is 0 Å². The first-order valence-electron chi connectivity index (χ1n) is 7.84. The van der Waals surface area contributed by atoms with Gasteiger partial charge in [-0.25, -0.2) is 0 Å². The molecule has 1 amide bonds. The fourth-order valence-electron chi connectivity index (χ4n) is 2.04. The maximum atomic E-state index is 11.0. The fourth-order valence-corrected chi connectivity index (χ4v) is 2.04. The van der Waals surface area contributed by atoms with Crippen LogP contribution in [0, 0.1) is 5.92 Å². The maximum absolute atomic E-state index is 11.0. The summed E-state index contributed by atoms with van der Waals surface area (Å²) in [5.74, 6) is 1.65. The van der Waals surface area contributed by atoms with Crippen molar-refractivity contribution in [3.63, 3.8) is 0 Å². The normalized spacial score (nSPS) is 12.2. The molecule has 0 saturated heterocycles. The van der Waals surface area contributed by atoms with E-state index in [1.54, 1.807) is 14.0 Å². The second kappa shape index (κ2) is 9.30. The van der Waals surface area contributed by atoms with E-state index < -0.39 is 0 Å². The number of carbonyl (C=O) groups is 1. The summed E-state index contributed by atoms with van der Waals surface area (Å²) in [5, 5.41) is 3.07. The van der Waals surface area contributed by atoms with Gasteiger partial charge in [0.15, 0.2) is 11.5 Å². The number of nitrogens with two attached hydrogens (primary N) is 1. The number of nitrogens with one attached hydrogen (secondary N) is 1. The molecule has 22 heavy (non-hydrogen) atoms. The summed E-state index contributed by atoms with van der Waals surface area (Å²) in [7, 11) is 1.63. The lowest BCUT2D eigenvalue weighted by molar-refractivity contribution is -0.119. The zero-order chi connectivity index (χ0) is 16.5. The number of carbonyl (C=O) groups excluding carboxylic acids is 1. The first-order valence-corrected chi connectivity index (χ1v) is 7.84. The third kappa shape index (κ3) is 5.56. The topological polar surface area (TPSA) is 73.6 Å². The zero-order valence-electron chi connectivity index (χ0n) is 14.0. The fraction of sp³-hybridized carbons (Fsp3) is 0.588. The molecule has 0 heterocycles. The molecule has 0 unspecified atom stereocenters. The molecule has 1 rings (SSSR count). The molecule has 1 aromatic carbocycles. The quantitative estimate of drug-likeness (QED) is 0.696. The molecule has 0 bridgehead atoms. The van der Waals surface area contributed by atoms with Crippen molar-refractivity contribution >= 4 is 5.91 Å². The Balaban J connectivity index is 2.68. The van der Waals surface area contributed by atoms with E-state index in [9.17, 15) is 4.79 Å². The Morgan fingerprint density at radius 2 is 1.95 bits per heavy atom. The van der Waals surface area contributed by atoms with Gasteiger partial charge < -0.3 is 20.5 Å². The lowest BCUT2D eigenvalue weighted by atomic mass is 10.1. The van der Waals surface area contributed by atoms with Crippen LogP contribution in [0.25, 0.3) is 0 Å². The summed E-state index contributed by atoms with van der Waals surface area (Å²) in [5.41, 5.74) is 6.24. The second-order valence-corrected chi connectivity index (χ2v) is 5.48. The van der Waals surface area contributed by atoms with E-state index in [1.807, 2.05) is 18.2 Å². The van der Waals surface area contributed by atoms with E-state index in [2.05, 4.69) is 19.2 Å². The predicted octanol–water partition coefficient (Wildman–Crippen LogP) is 2.47. The number of primary amides is 1. The lowest BCUT2D eigenvalue weighted by Gasteiger charge is -2.17. The smallest absolute Gasteiger partial charge is 0.234 e. The SMILES string of the molecule is CCC(CC)COc1ccc(CN[C@@H](C)C(N)=O)cc1OC. The van der Waals surface area contributed by atoms with Crippen LogP contribution in [0.5, 0.6) is 11.5 Å². The minimum absolute atomic E-state index is 0.364. The predicted molar refractivity (Wildman–Crippen MR) is 88.1 cm³/mol. The van der Waals surface area contributed by atoms with Crippen molar-refractivity contribution in [1.29, 1.82) is 0 Å². The largest absolute Gasteiger partial charge is 0.493 e. The van der Waals surface area contributed by atoms with Crippen molar-refractivity contribution in [2.45, 2.75) is 46.2 Å². The molecule has 0 saturated carbocycles. The van der Waals surface area contributed by atoms with Crippen LogP contribution in [0.1, 0.15) is 39.2 Å². The number of amides is 1. The van der Waals surface area contributed by atoms with Crippen LogP contribution in [-0.4, -0.2) is 25.7 Å². The van der Waals surface area contributed by atoms with Crippen molar-refractivity contribution < 1.29 is 14.3 Å². The highest BCUT2D eigenvalue weighted by atomic mass is 16.5. The maximum Gasteiger partial charge on any atom is 0.234 e. The number of benzene rings is 1. The highest BCUT2D eigenvalue weighted by Gasteiger charge is 2.11. The molecule has 5 heteroatoms. The van der Waals surface area contributed by atoms with E-state index in [0.717, 1.165) is 24.2 Å². The molecular formula is C17H28N2O3. The van der Waals surface area contributed by atoms with E-state index in [4.69, 9.17) is 15.2 Å². The van der Waals surface area contributed by atoms with Crippen molar-refractivity contribution in [3.8, 4) is 11.5 Å². The summed E-state index contributed by atoms with van der Waals surface area (Å²) in [6.45, 7) is 7.33. The Morgan fingerprint density at radius 1 is 1.27 bits per heavy atom. The molecule has 3 N–H and O–H groups in total. The molecule has 124 valence electrons. The average Bonchev–Trinajstić information content (AvgIpc) is 2.53.